The van der Waals surface area contributed by atoms with Gasteiger partial charge in [0.15, 0.2) is 0 Å². The van der Waals surface area contributed by atoms with Gasteiger partial charge in [-0.1, -0.05) is 51.8 Å². The Morgan fingerprint density at radius 3 is 2.62 bits per heavy atom. The molecule has 2 aromatic carbocycles. The molecule has 0 fully saturated rings. The minimum atomic E-state index is -0.881. The van der Waals surface area contributed by atoms with Gasteiger partial charge >= 0.3 is 5.97 Å². The molecule has 1 atom stereocenters. The Bertz CT molecular complexity index is 648. The van der Waals surface area contributed by atoms with Crippen molar-refractivity contribution in [3.63, 3.8) is 0 Å². The Hall–Kier alpha value is -1.52. The highest BCUT2D eigenvalue weighted by atomic mass is 79.9. The number of hydrogen-bond acceptors (Lipinski definition) is 2. The summed E-state index contributed by atoms with van der Waals surface area (Å²) in [5, 5.41) is 9.78. The molecule has 1 N–H and O–H groups in total. The van der Waals surface area contributed by atoms with Crippen molar-refractivity contribution in [3.8, 4) is 0 Å². The van der Waals surface area contributed by atoms with Crippen LogP contribution in [0.15, 0.2) is 53.0 Å². The summed E-state index contributed by atoms with van der Waals surface area (Å²) in [4.78, 5) is 13.0. The molecule has 5 heteroatoms. The second-order valence-corrected chi connectivity index (χ2v) is 5.99. The molecule has 0 bridgehead atoms. The van der Waals surface area contributed by atoms with E-state index in [1.807, 2.05) is 48.2 Å². The SMILES string of the molecule is CC(c1ccccc1Br)N(CC(=O)O)c1cccc(Cl)c1. The van der Waals surface area contributed by atoms with Gasteiger partial charge in [0.1, 0.15) is 6.54 Å². The predicted molar refractivity (Wildman–Crippen MR) is 89.0 cm³/mol. The molecule has 0 aliphatic carbocycles. The van der Waals surface area contributed by atoms with Crippen molar-refractivity contribution in [2.24, 2.45) is 0 Å². The van der Waals surface area contributed by atoms with E-state index in [4.69, 9.17) is 11.6 Å². The molecule has 0 saturated carbocycles. The van der Waals surface area contributed by atoms with E-state index in [2.05, 4.69) is 15.9 Å². The second kappa shape index (κ2) is 6.96. The molecule has 1 unspecified atom stereocenters. The Morgan fingerprint density at radius 2 is 2.00 bits per heavy atom. The van der Waals surface area contributed by atoms with Crippen molar-refractivity contribution in [2.45, 2.75) is 13.0 Å². The van der Waals surface area contributed by atoms with E-state index in [1.165, 1.54) is 0 Å². The normalized spacial score (nSPS) is 12.0. The molecule has 2 rings (SSSR count). The Labute approximate surface area is 137 Å². The van der Waals surface area contributed by atoms with Gasteiger partial charge in [-0.05, 0) is 36.8 Å². The lowest BCUT2D eigenvalue weighted by Crippen LogP contribution is -2.32. The topological polar surface area (TPSA) is 40.5 Å². The van der Waals surface area contributed by atoms with E-state index in [0.29, 0.717) is 5.02 Å². The third-order valence-corrected chi connectivity index (χ3v) is 4.23. The number of nitrogens with zero attached hydrogens (tertiary/aromatic N) is 1. The highest BCUT2D eigenvalue weighted by molar-refractivity contribution is 9.10. The first-order valence-electron chi connectivity index (χ1n) is 6.47. The largest absolute Gasteiger partial charge is 0.480 e. The summed E-state index contributed by atoms with van der Waals surface area (Å²) >= 11 is 9.54. The molecule has 0 heterocycles. The van der Waals surface area contributed by atoms with Crippen LogP contribution in [-0.2, 0) is 4.79 Å². The van der Waals surface area contributed by atoms with E-state index >= 15 is 0 Å². The summed E-state index contributed by atoms with van der Waals surface area (Å²) in [6.07, 6.45) is 0. The van der Waals surface area contributed by atoms with Gasteiger partial charge in [-0.15, -0.1) is 0 Å². The molecule has 0 saturated heterocycles. The first-order chi connectivity index (χ1) is 9.99. The van der Waals surface area contributed by atoms with Crippen molar-refractivity contribution in [1.29, 1.82) is 0 Å². The molecule has 3 nitrogen and oxygen atoms in total. The zero-order valence-electron chi connectivity index (χ0n) is 11.5. The van der Waals surface area contributed by atoms with Gasteiger partial charge in [-0.2, -0.15) is 0 Å². The summed E-state index contributed by atoms with van der Waals surface area (Å²) in [5.74, 6) is -0.881. The van der Waals surface area contributed by atoms with Crippen molar-refractivity contribution >= 4 is 39.2 Å². The molecule has 110 valence electrons. The fourth-order valence-corrected chi connectivity index (χ4v) is 3.03. The predicted octanol–water partition coefficient (Wildman–Crippen LogP) is 4.75. The van der Waals surface area contributed by atoms with Crippen LogP contribution in [0.4, 0.5) is 5.69 Å². The second-order valence-electron chi connectivity index (χ2n) is 4.70. The lowest BCUT2D eigenvalue weighted by molar-refractivity contribution is -0.135. The Balaban J connectivity index is 2.40. The number of hydrogen-bond donors (Lipinski definition) is 1. The van der Waals surface area contributed by atoms with E-state index in [9.17, 15) is 9.90 Å². The summed E-state index contributed by atoms with van der Waals surface area (Å²) < 4.78 is 0.954. The molecule has 0 aliphatic rings. The number of carbonyl (C=O) groups is 1. The van der Waals surface area contributed by atoms with Gasteiger partial charge in [0.05, 0.1) is 6.04 Å². The third kappa shape index (κ3) is 3.99. The molecular formula is C16H15BrClNO2. The van der Waals surface area contributed by atoms with E-state index in [-0.39, 0.29) is 12.6 Å². The molecule has 2 aromatic rings. The van der Waals surface area contributed by atoms with Gasteiger partial charge in [0.25, 0.3) is 0 Å². The van der Waals surface area contributed by atoms with Gasteiger partial charge in [0, 0.05) is 15.2 Å². The highest BCUT2D eigenvalue weighted by Gasteiger charge is 2.20. The number of benzene rings is 2. The van der Waals surface area contributed by atoms with Crippen LogP contribution in [0.3, 0.4) is 0 Å². The summed E-state index contributed by atoms with van der Waals surface area (Å²) in [7, 11) is 0. The molecule has 0 aromatic heterocycles. The molecule has 0 radical (unpaired) electrons. The maximum atomic E-state index is 11.2. The first kappa shape index (κ1) is 15.9. The summed E-state index contributed by atoms with van der Waals surface area (Å²) in [6.45, 7) is 1.88. The van der Waals surface area contributed by atoms with Crippen molar-refractivity contribution < 1.29 is 9.90 Å². The van der Waals surface area contributed by atoms with Crippen LogP contribution in [0.25, 0.3) is 0 Å². The highest BCUT2D eigenvalue weighted by Crippen LogP contribution is 2.32. The number of carboxylic acids is 1. The van der Waals surface area contributed by atoms with Gasteiger partial charge in [-0.3, -0.25) is 4.79 Å². The lowest BCUT2D eigenvalue weighted by atomic mass is 10.1. The van der Waals surface area contributed by atoms with Crippen molar-refractivity contribution in [3.05, 3.63) is 63.6 Å². The summed E-state index contributed by atoms with van der Waals surface area (Å²) in [5.41, 5.74) is 1.81. The van der Waals surface area contributed by atoms with Crippen LogP contribution < -0.4 is 4.90 Å². The van der Waals surface area contributed by atoms with Gasteiger partial charge in [-0.25, -0.2) is 0 Å². The average molecular weight is 369 g/mol. The summed E-state index contributed by atoms with van der Waals surface area (Å²) in [6, 6.07) is 14.9. The standard InChI is InChI=1S/C16H15BrClNO2/c1-11(14-7-2-3-8-15(14)17)19(10-16(20)21)13-6-4-5-12(18)9-13/h2-9,11H,10H2,1H3,(H,20,21). The number of rotatable bonds is 5. The minimum absolute atomic E-state index is 0.0944. The molecule has 0 amide bonds. The maximum absolute atomic E-state index is 11.2. The van der Waals surface area contributed by atoms with Crippen LogP contribution in [-0.4, -0.2) is 17.6 Å². The fourth-order valence-electron chi connectivity index (χ4n) is 2.23. The third-order valence-electron chi connectivity index (χ3n) is 3.27. The lowest BCUT2D eigenvalue weighted by Gasteiger charge is -2.31. The molecule has 0 aliphatic heterocycles. The van der Waals surface area contributed by atoms with E-state index in [1.54, 1.807) is 12.1 Å². The van der Waals surface area contributed by atoms with E-state index in [0.717, 1.165) is 15.7 Å². The molecule has 21 heavy (non-hydrogen) atoms. The first-order valence-corrected chi connectivity index (χ1v) is 7.64. The van der Waals surface area contributed by atoms with E-state index < -0.39 is 5.97 Å². The van der Waals surface area contributed by atoms with Crippen LogP contribution in [0.5, 0.6) is 0 Å². The molecule has 0 spiro atoms. The Morgan fingerprint density at radius 1 is 1.29 bits per heavy atom. The van der Waals surface area contributed by atoms with Gasteiger partial charge < -0.3 is 10.0 Å². The van der Waals surface area contributed by atoms with Gasteiger partial charge in [0.2, 0.25) is 0 Å². The zero-order valence-corrected chi connectivity index (χ0v) is 13.8. The molecular weight excluding hydrogens is 354 g/mol. The minimum Gasteiger partial charge on any atom is -0.480 e. The van der Waals surface area contributed by atoms with Crippen LogP contribution in [0.1, 0.15) is 18.5 Å². The van der Waals surface area contributed by atoms with Crippen LogP contribution in [0.2, 0.25) is 5.02 Å². The quantitative estimate of drug-likeness (QED) is 0.827. The van der Waals surface area contributed by atoms with Crippen molar-refractivity contribution in [2.75, 3.05) is 11.4 Å². The number of carboxylic acid groups (broad SMARTS) is 1. The van der Waals surface area contributed by atoms with Crippen LogP contribution in [0, 0.1) is 0 Å². The number of halogens is 2. The zero-order chi connectivity index (χ0) is 15.4. The fraction of sp³-hybridized carbons (Fsp3) is 0.188. The smallest absolute Gasteiger partial charge is 0.323 e. The Kier molecular flexibility index (Phi) is 5.26. The average Bonchev–Trinajstić information content (AvgIpc) is 2.44. The number of aliphatic carboxylic acids is 1. The number of anilines is 1. The van der Waals surface area contributed by atoms with Crippen molar-refractivity contribution in [1.82, 2.24) is 0 Å². The van der Waals surface area contributed by atoms with Crippen LogP contribution >= 0.6 is 27.5 Å². The monoisotopic (exact) mass is 367 g/mol. The maximum Gasteiger partial charge on any atom is 0.323 e.